The highest BCUT2D eigenvalue weighted by Gasteiger charge is 2.11. The second-order valence-corrected chi connectivity index (χ2v) is 6.61. The van der Waals surface area contributed by atoms with Gasteiger partial charge >= 0.3 is 6.03 Å². The molecule has 1 aromatic heterocycles. The molecule has 0 aliphatic rings. The van der Waals surface area contributed by atoms with Gasteiger partial charge in [0.1, 0.15) is 0 Å². The Bertz CT molecular complexity index is 843. The van der Waals surface area contributed by atoms with Crippen molar-refractivity contribution in [2.24, 2.45) is 0 Å². The van der Waals surface area contributed by atoms with E-state index in [0.29, 0.717) is 6.54 Å². The van der Waals surface area contributed by atoms with Crippen LogP contribution in [-0.2, 0) is 6.42 Å². The Morgan fingerprint density at radius 1 is 1.17 bits per heavy atom. The summed E-state index contributed by atoms with van der Waals surface area (Å²) in [6.07, 6.45) is 2.80. The molecule has 3 rings (SSSR count). The lowest BCUT2D eigenvalue weighted by molar-refractivity contribution is 0.238. The van der Waals surface area contributed by atoms with Crippen LogP contribution in [0.4, 0.5) is 4.79 Å². The van der Waals surface area contributed by atoms with Crippen molar-refractivity contribution in [3.05, 3.63) is 70.3 Å². The number of nitrogens with one attached hydrogen (secondary N) is 3. The van der Waals surface area contributed by atoms with E-state index in [-0.39, 0.29) is 12.1 Å². The fourth-order valence-corrected chi connectivity index (χ4v) is 3.43. The molecule has 0 bridgehead atoms. The molecule has 3 aromatic rings. The molecule has 1 heterocycles. The van der Waals surface area contributed by atoms with Crippen LogP contribution in [0.5, 0.6) is 0 Å². The Balaban J connectivity index is 1.52. The molecule has 1 atom stereocenters. The topological polar surface area (TPSA) is 56.9 Å². The number of para-hydroxylation sites is 1. The largest absolute Gasteiger partial charge is 0.361 e. The molecule has 0 aliphatic heterocycles. The Kier molecular flexibility index (Phi) is 5.20. The number of hydrogen-bond donors (Lipinski definition) is 3. The second-order valence-electron chi connectivity index (χ2n) is 5.75. The number of rotatable bonds is 5. The summed E-state index contributed by atoms with van der Waals surface area (Å²) in [6, 6.07) is 15.9. The molecule has 2 aromatic carbocycles. The summed E-state index contributed by atoms with van der Waals surface area (Å²) in [7, 11) is 0. The number of aromatic nitrogens is 1. The number of aromatic amines is 1. The van der Waals surface area contributed by atoms with Crippen LogP contribution < -0.4 is 10.6 Å². The predicted molar refractivity (Wildman–Crippen MR) is 101 cm³/mol. The van der Waals surface area contributed by atoms with Crippen molar-refractivity contribution in [3.63, 3.8) is 0 Å². The third-order valence-corrected chi connectivity index (χ3v) is 4.80. The molecule has 24 heavy (non-hydrogen) atoms. The van der Waals surface area contributed by atoms with E-state index in [1.807, 2.05) is 49.5 Å². The number of urea groups is 1. The van der Waals surface area contributed by atoms with Crippen LogP contribution in [0.3, 0.4) is 0 Å². The first-order valence-electron chi connectivity index (χ1n) is 7.99. The van der Waals surface area contributed by atoms with Crippen molar-refractivity contribution in [1.29, 1.82) is 0 Å². The van der Waals surface area contributed by atoms with Crippen LogP contribution in [-0.4, -0.2) is 17.6 Å². The zero-order valence-corrected chi connectivity index (χ0v) is 15.1. The van der Waals surface area contributed by atoms with E-state index < -0.39 is 0 Å². The van der Waals surface area contributed by atoms with Gasteiger partial charge in [-0.1, -0.05) is 52.3 Å². The van der Waals surface area contributed by atoms with Crippen LogP contribution in [0.2, 0.25) is 0 Å². The number of hydrogen-bond acceptors (Lipinski definition) is 1. The van der Waals surface area contributed by atoms with E-state index >= 15 is 0 Å². The lowest BCUT2D eigenvalue weighted by atomic mass is 10.1. The lowest BCUT2D eigenvalue weighted by Crippen LogP contribution is -2.38. The summed E-state index contributed by atoms with van der Waals surface area (Å²) < 4.78 is 0.997. The van der Waals surface area contributed by atoms with Gasteiger partial charge in [0.15, 0.2) is 0 Å². The molecule has 0 fully saturated rings. The number of H-pyrrole nitrogens is 1. The highest BCUT2D eigenvalue weighted by atomic mass is 79.9. The highest BCUT2D eigenvalue weighted by molar-refractivity contribution is 9.10. The quantitative estimate of drug-likeness (QED) is 0.593. The molecule has 0 spiro atoms. The zero-order valence-electron chi connectivity index (χ0n) is 13.5. The fraction of sp³-hybridized carbons (Fsp3) is 0.211. The van der Waals surface area contributed by atoms with Gasteiger partial charge in [0.25, 0.3) is 0 Å². The smallest absolute Gasteiger partial charge is 0.315 e. The van der Waals surface area contributed by atoms with Crippen molar-refractivity contribution < 1.29 is 4.79 Å². The molecule has 4 nitrogen and oxygen atoms in total. The monoisotopic (exact) mass is 385 g/mol. The minimum absolute atomic E-state index is 0.0614. The van der Waals surface area contributed by atoms with Gasteiger partial charge in [-0.3, -0.25) is 0 Å². The van der Waals surface area contributed by atoms with E-state index in [1.165, 1.54) is 10.9 Å². The van der Waals surface area contributed by atoms with E-state index in [4.69, 9.17) is 0 Å². The lowest BCUT2D eigenvalue weighted by Gasteiger charge is -2.16. The SMILES string of the molecule is CC(NC(=O)NCCc1c[nH]c2ccccc12)c1ccccc1Br. The van der Waals surface area contributed by atoms with Gasteiger partial charge in [-0.25, -0.2) is 4.79 Å². The number of benzene rings is 2. The Labute approximate surface area is 149 Å². The molecule has 124 valence electrons. The van der Waals surface area contributed by atoms with Crippen molar-refractivity contribution in [3.8, 4) is 0 Å². The van der Waals surface area contributed by atoms with E-state index in [9.17, 15) is 4.79 Å². The predicted octanol–water partition coefficient (Wildman–Crippen LogP) is 4.53. The van der Waals surface area contributed by atoms with Crippen LogP contribution in [0.15, 0.2) is 59.2 Å². The number of carbonyl (C=O) groups excluding carboxylic acids is 1. The molecule has 0 aliphatic carbocycles. The van der Waals surface area contributed by atoms with E-state index in [0.717, 1.165) is 22.0 Å². The van der Waals surface area contributed by atoms with Crippen molar-refractivity contribution in [2.45, 2.75) is 19.4 Å². The van der Waals surface area contributed by atoms with Gasteiger partial charge in [-0.05, 0) is 36.6 Å². The van der Waals surface area contributed by atoms with E-state index in [1.54, 1.807) is 0 Å². The summed E-state index contributed by atoms with van der Waals surface area (Å²) in [5.74, 6) is 0. The molecule has 0 saturated carbocycles. The zero-order chi connectivity index (χ0) is 16.9. The minimum Gasteiger partial charge on any atom is -0.361 e. The molecule has 5 heteroatoms. The van der Waals surface area contributed by atoms with Crippen LogP contribution in [0.1, 0.15) is 24.1 Å². The van der Waals surface area contributed by atoms with Gasteiger partial charge in [-0.2, -0.15) is 0 Å². The molecule has 2 amide bonds. The summed E-state index contributed by atoms with van der Waals surface area (Å²) in [5.41, 5.74) is 3.40. The molecule has 0 saturated heterocycles. The number of halogens is 1. The van der Waals surface area contributed by atoms with Gasteiger partial charge in [0, 0.05) is 28.1 Å². The summed E-state index contributed by atoms with van der Waals surface area (Å²) >= 11 is 3.51. The Morgan fingerprint density at radius 3 is 2.75 bits per heavy atom. The van der Waals surface area contributed by atoms with Crippen LogP contribution in [0, 0.1) is 0 Å². The summed E-state index contributed by atoms with van der Waals surface area (Å²) in [5, 5.41) is 7.10. The number of amides is 2. The number of fused-ring (bicyclic) bond motifs is 1. The molecular formula is C19H20BrN3O. The molecule has 0 radical (unpaired) electrons. The van der Waals surface area contributed by atoms with Gasteiger partial charge in [-0.15, -0.1) is 0 Å². The number of carbonyl (C=O) groups is 1. The van der Waals surface area contributed by atoms with Gasteiger partial charge in [0.05, 0.1) is 6.04 Å². The van der Waals surface area contributed by atoms with Crippen LogP contribution in [0.25, 0.3) is 10.9 Å². The summed E-state index contributed by atoms with van der Waals surface area (Å²) in [6.45, 7) is 2.57. The van der Waals surface area contributed by atoms with Crippen molar-refractivity contribution in [2.75, 3.05) is 6.54 Å². The van der Waals surface area contributed by atoms with Gasteiger partial charge in [0.2, 0.25) is 0 Å². The third-order valence-electron chi connectivity index (χ3n) is 4.07. The standard InChI is InChI=1S/C19H20BrN3O/c1-13(15-6-2-4-8-17(15)20)23-19(24)21-11-10-14-12-22-18-9-5-3-7-16(14)18/h2-9,12-13,22H,10-11H2,1H3,(H2,21,23,24). The maximum Gasteiger partial charge on any atom is 0.315 e. The first kappa shape index (κ1) is 16.6. The van der Waals surface area contributed by atoms with Gasteiger partial charge < -0.3 is 15.6 Å². The Morgan fingerprint density at radius 2 is 1.92 bits per heavy atom. The Hall–Kier alpha value is -2.27. The first-order valence-corrected chi connectivity index (χ1v) is 8.78. The third kappa shape index (κ3) is 3.79. The van der Waals surface area contributed by atoms with Crippen LogP contribution >= 0.6 is 15.9 Å². The normalized spacial score (nSPS) is 12.1. The highest BCUT2D eigenvalue weighted by Crippen LogP contribution is 2.22. The molecule has 3 N–H and O–H groups in total. The van der Waals surface area contributed by atoms with Crippen molar-refractivity contribution >= 4 is 32.9 Å². The molecular weight excluding hydrogens is 366 g/mol. The minimum atomic E-state index is -0.155. The van der Waals surface area contributed by atoms with Crippen molar-refractivity contribution in [1.82, 2.24) is 15.6 Å². The average molecular weight is 386 g/mol. The maximum atomic E-state index is 12.1. The van der Waals surface area contributed by atoms with E-state index in [2.05, 4.69) is 43.7 Å². The fourth-order valence-electron chi connectivity index (χ4n) is 2.80. The summed E-state index contributed by atoms with van der Waals surface area (Å²) in [4.78, 5) is 15.3. The first-order chi connectivity index (χ1) is 11.6. The maximum absolute atomic E-state index is 12.1. The average Bonchev–Trinajstić information content (AvgIpc) is 2.98. The molecule has 1 unspecified atom stereocenters. The second kappa shape index (κ2) is 7.53.